The molecule has 0 saturated heterocycles. The lowest BCUT2D eigenvalue weighted by molar-refractivity contribution is 0.102. The number of fused-ring (bicyclic) bond motifs is 1. The van der Waals surface area contributed by atoms with E-state index >= 15 is 0 Å². The first-order chi connectivity index (χ1) is 10.2. The van der Waals surface area contributed by atoms with Crippen molar-refractivity contribution in [3.8, 4) is 11.5 Å². The maximum Gasteiger partial charge on any atom is 0.255 e. The fourth-order valence-electron chi connectivity index (χ4n) is 2.23. The van der Waals surface area contributed by atoms with Crippen LogP contribution in [0.15, 0.2) is 42.5 Å². The molecule has 4 nitrogen and oxygen atoms in total. The van der Waals surface area contributed by atoms with Crippen molar-refractivity contribution in [2.75, 3.05) is 18.5 Å². The zero-order valence-electron chi connectivity index (χ0n) is 11.9. The third kappa shape index (κ3) is 3.16. The largest absolute Gasteiger partial charge is 0.490 e. The lowest BCUT2D eigenvalue weighted by Crippen LogP contribution is -2.12. The van der Waals surface area contributed by atoms with Gasteiger partial charge in [0.1, 0.15) is 0 Å². The van der Waals surface area contributed by atoms with Crippen molar-refractivity contribution in [2.24, 2.45) is 0 Å². The van der Waals surface area contributed by atoms with Crippen molar-refractivity contribution in [1.29, 1.82) is 0 Å². The summed E-state index contributed by atoms with van der Waals surface area (Å²) in [5, 5.41) is 2.88. The Hall–Kier alpha value is -2.49. The average Bonchev–Trinajstić information content (AvgIpc) is 2.72. The van der Waals surface area contributed by atoms with Crippen LogP contribution < -0.4 is 14.8 Å². The van der Waals surface area contributed by atoms with Gasteiger partial charge in [0.25, 0.3) is 5.91 Å². The molecule has 21 heavy (non-hydrogen) atoms. The maximum absolute atomic E-state index is 12.2. The molecule has 4 heteroatoms. The summed E-state index contributed by atoms with van der Waals surface area (Å²) in [7, 11) is 0. The Morgan fingerprint density at radius 3 is 2.67 bits per heavy atom. The Morgan fingerprint density at radius 2 is 1.86 bits per heavy atom. The van der Waals surface area contributed by atoms with Gasteiger partial charge in [0, 0.05) is 23.7 Å². The topological polar surface area (TPSA) is 47.6 Å². The summed E-state index contributed by atoms with van der Waals surface area (Å²) in [5.74, 6) is 1.27. The number of benzene rings is 2. The number of carbonyl (C=O) groups excluding carboxylic acids is 1. The standard InChI is InChI=1S/C17H17NO3/c1-12-4-2-5-13(10-12)17(19)18-14-6-7-15-16(11-14)21-9-3-8-20-15/h2,4-7,10-11H,3,8-9H2,1H3,(H,18,19). The van der Waals surface area contributed by atoms with Crippen molar-refractivity contribution in [3.63, 3.8) is 0 Å². The van der Waals surface area contributed by atoms with Crippen LogP contribution in [-0.2, 0) is 0 Å². The zero-order valence-corrected chi connectivity index (χ0v) is 11.9. The van der Waals surface area contributed by atoms with Gasteiger partial charge in [0.15, 0.2) is 11.5 Å². The number of amides is 1. The van der Waals surface area contributed by atoms with E-state index in [9.17, 15) is 4.79 Å². The molecule has 0 aliphatic carbocycles. The molecule has 1 amide bonds. The number of hydrogen-bond donors (Lipinski definition) is 1. The van der Waals surface area contributed by atoms with Crippen LogP contribution in [0.2, 0.25) is 0 Å². The first-order valence-electron chi connectivity index (χ1n) is 7.00. The molecule has 0 bridgehead atoms. The lowest BCUT2D eigenvalue weighted by atomic mass is 10.1. The number of anilines is 1. The molecule has 2 aromatic rings. The molecule has 1 aliphatic rings. The van der Waals surface area contributed by atoms with Crippen molar-refractivity contribution < 1.29 is 14.3 Å². The number of rotatable bonds is 2. The van der Waals surface area contributed by atoms with Gasteiger partial charge in [-0.1, -0.05) is 17.7 Å². The van der Waals surface area contributed by atoms with Crippen LogP contribution in [0.4, 0.5) is 5.69 Å². The fraction of sp³-hybridized carbons (Fsp3) is 0.235. The second kappa shape index (κ2) is 5.87. The minimum absolute atomic E-state index is 0.131. The number of ether oxygens (including phenoxy) is 2. The van der Waals surface area contributed by atoms with Crippen LogP contribution in [0, 0.1) is 6.92 Å². The quantitative estimate of drug-likeness (QED) is 0.918. The SMILES string of the molecule is Cc1cccc(C(=O)Nc2ccc3c(c2)OCCCO3)c1. The summed E-state index contributed by atoms with van der Waals surface area (Å²) in [5.41, 5.74) is 2.40. The predicted octanol–water partition coefficient (Wildman–Crippen LogP) is 3.41. The second-order valence-electron chi connectivity index (χ2n) is 5.04. The van der Waals surface area contributed by atoms with E-state index in [4.69, 9.17) is 9.47 Å². The highest BCUT2D eigenvalue weighted by Gasteiger charge is 2.12. The summed E-state index contributed by atoms with van der Waals surface area (Å²) in [4.78, 5) is 12.2. The minimum atomic E-state index is -0.131. The van der Waals surface area contributed by atoms with Crippen molar-refractivity contribution >= 4 is 11.6 Å². The van der Waals surface area contributed by atoms with Gasteiger partial charge in [0.05, 0.1) is 13.2 Å². The Kier molecular flexibility index (Phi) is 3.77. The Balaban J connectivity index is 1.79. The van der Waals surface area contributed by atoms with E-state index in [1.807, 2.05) is 37.3 Å². The molecule has 1 heterocycles. The Bertz CT molecular complexity index is 667. The molecular weight excluding hydrogens is 266 g/mol. The van der Waals surface area contributed by atoms with Gasteiger partial charge in [-0.2, -0.15) is 0 Å². The summed E-state index contributed by atoms with van der Waals surface area (Å²) >= 11 is 0. The van der Waals surface area contributed by atoms with Crippen LogP contribution in [0.25, 0.3) is 0 Å². The third-order valence-electron chi connectivity index (χ3n) is 3.29. The Morgan fingerprint density at radius 1 is 1.05 bits per heavy atom. The van der Waals surface area contributed by atoms with E-state index in [1.54, 1.807) is 12.1 Å². The zero-order chi connectivity index (χ0) is 14.7. The molecule has 2 aromatic carbocycles. The van der Waals surface area contributed by atoms with Gasteiger partial charge in [0.2, 0.25) is 0 Å². The minimum Gasteiger partial charge on any atom is -0.490 e. The molecule has 0 aromatic heterocycles. The molecular formula is C17H17NO3. The number of carbonyl (C=O) groups is 1. The van der Waals surface area contributed by atoms with Gasteiger partial charge >= 0.3 is 0 Å². The van der Waals surface area contributed by atoms with E-state index in [-0.39, 0.29) is 5.91 Å². The highest BCUT2D eigenvalue weighted by atomic mass is 16.5. The van der Waals surface area contributed by atoms with E-state index < -0.39 is 0 Å². The fourth-order valence-corrected chi connectivity index (χ4v) is 2.23. The number of nitrogens with one attached hydrogen (secondary N) is 1. The van der Waals surface area contributed by atoms with Crippen LogP contribution in [0.5, 0.6) is 11.5 Å². The summed E-state index contributed by atoms with van der Waals surface area (Å²) in [6.45, 7) is 3.24. The molecule has 1 aliphatic heterocycles. The van der Waals surface area contributed by atoms with Gasteiger partial charge in [-0.25, -0.2) is 0 Å². The van der Waals surface area contributed by atoms with Gasteiger partial charge in [-0.05, 0) is 31.2 Å². The lowest BCUT2D eigenvalue weighted by Gasteiger charge is -2.10. The van der Waals surface area contributed by atoms with Crippen molar-refractivity contribution in [2.45, 2.75) is 13.3 Å². The van der Waals surface area contributed by atoms with Crippen molar-refractivity contribution in [1.82, 2.24) is 0 Å². The molecule has 0 unspecified atom stereocenters. The highest BCUT2D eigenvalue weighted by Crippen LogP contribution is 2.32. The van der Waals surface area contributed by atoms with Crippen molar-refractivity contribution in [3.05, 3.63) is 53.6 Å². The molecule has 0 spiro atoms. The Labute approximate surface area is 123 Å². The molecule has 0 atom stereocenters. The number of aryl methyl sites for hydroxylation is 1. The third-order valence-corrected chi connectivity index (χ3v) is 3.29. The van der Waals surface area contributed by atoms with E-state index in [0.29, 0.717) is 30.2 Å². The van der Waals surface area contributed by atoms with Crippen LogP contribution in [0.1, 0.15) is 22.3 Å². The molecule has 1 N–H and O–H groups in total. The smallest absolute Gasteiger partial charge is 0.255 e. The normalized spacial score (nSPS) is 13.4. The van der Waals surface area contributed by atoms with E-state index in [0.717, 1.165) is 17.7 Å². The summed E-state index contributed by atoms with van der Waals surface area (Å²) < 4.78 is 11.2. The predicted molar refractivity (Wildman–Crippen MR) is 81.2 cm³/mol. The average molecular weight is 283 g/mol. The summed E-state index contributed by atoms with van der Waals surface area (Å²) in [6.07, 6.45) is 0.861. The summed E-state index contributed by atoms with van der Waals surface area (Å²) in [6, 6.07) is 12.9. The second-order valence-corrected chi connectivity index (χ2v) is 5.04. The molecule has 0 radical (unpaired) electrons. The molecule has 0 saturated carbocycles. The van der Waals surface area contributed by atoms with E-state index in [2.05, 4.69) is 5.32 Å². The number of hydrogen-bond acceptors (Lipinski definition) is 3. The van der Waals surface area contributed by atoms with Crippen LogP contribution in [0.3, 0.4) is 0 Å². The molecule has 3 rings (SSSR count). The first-order valence-corrected chi connectivity index (χ1v) is 7.00. The maximum atomic E-state index is 12.2. The van der Waals surface area contributed by atoms with Crippen LogP contribution in [-0.4, -0.2) is 19.1 Å². The first kappa shape index (κ1) is 13.5. The van der Waals surface area contributed by atoms with Crippen LogP contribution >= 0.6 is 0 Å². The monoisotopic (exact) mass is 283 g/mol. The molecule has 108 valence electrons. The van der Waals surface area contributed by atoms with E-state index in [1.165, 1.54) is 0 Å². The van der Waals surface area contributed by atoms with Gasteiger partial charge < -0.3 is 14.8 Å². The molecule has 0 fully saturated rings. The highest BCUT2D eigenvalue weighted by molar-refractivity contribution is 6.04. The van der Waals surface area contributed by atoms with Gasteiger partial charge in [-0.15, -0.1) is 0 Å². The van der Waals surface area contributed by atoms with Gasteiger partial charge in [-0.3, -0.25) is 4.79 Å².